The van der Waals surface area contributed by atoms with Crippen LogP contribution in [0.3, 0.4) is 0 Å². The van der Waals surface area contributed by atoms with Gasteiger partial charge in [-0.3, -0.25) is 0 Å². The largest absolute Gasteiger partial charge is 0.497 e. The van der Waals surface area contributed by atoms with E-state index in [0.29, 0.717) is 0 Å². The van der Waals surface area contributed by atoms with Gasteiger partial charge in [-0.2, -0.15) is 0 Å². The van der Waals surface area contributed by atoms with Gasteiger partial charge in [-0.1, -0.05) is 23.9 Å². The molecule has 0 bridgehead atoms. The van der Waals surface area contributed by atoms with Gasteiger partial charge >= 0.3 is 0 Å². The van der Waals surface area contributed by atoms with Gasteiger partial charge in [-0.15, -0.1) is 10.2 Å². The van der Waals surface area contributed by atoms with Gasteiger partial charge in [0.05, 0.1) is 7.11 Å². The molecule has 0 saturated carbocycles. The number of methoxy groups -OCH3 is 2. The van der Waals surface area contributed by atoms with Crippen molar-refractivity contribution in [3.05, 3.63) is 36.2 Å². The van der Waals surface area contributed by atoms with E-state index in [2.05, 4.69) is 20.8 Å². The van der Waals surface area contributed by atoms with Crippen molar-refractivity contribution in [3.8, 4) is 5.75 Å². The lowest BCUT2D eigenvalue weighted by molar-refractivity contribution is 0.189. The second kappa shape index (κ2) is 7.91. The molecule has 1 aromatic carbocycles. The highest BCUT2D eigenvalue weighted by atomic mass is 32.2. The predicted octanol–water partition coefficient (Wildman–Crippen LogP) is 2.62. The molecule has 0 aliphatic carbocycles. The van der Waals surface area contributed by atoms with Crippen molar-refractivity contribution < 1.29 is 9.47 Å². The standard InChI is InChI=1S/C14H19N3O2S/c1-18-8-4-7-17-11-15-16-14(17)20-10-12-5-3-6-13(9-12)19-2/h3,5-6,9,11H,4,7-8,10H2,1-2H3. The Morgan fingerprint density at radius 1 is 1.30 bits per heavy atom. The minimum atomic E-state index is 0.748. The summed E-state index contributed by atoms with van der Waals surface area (Å²) < 4.78 is 12.3. The Balaban J connectivity index is 1.91. The molecule has 0 aliphatic rings. The third-order valence-corrected chi connectivity index (χ3v) is 3.88. The van der Waals surface area contributed by atoms with E-state index in [1.54, 1.807) is 32.3 Å². The second-order valence-corrected chi connectivity index (χ2v) is 5.24. The van der Waals surface area contributed by atoms with E-state index in [4.69, 9.17) is 9.47 Å². The summed E-state index contributed by atoms with van der Waals surface area (Å²) in [6.45, 7) is 1.62. The number of hydrogen-bond acceptors (Lipinski definition) is 5. The van der Waals surface area contributed by atoms with Crippen LogP contribution in [0.4, 0.5) is 0 Å². The quantitative estimate of drug-likeness (QED) is 0.553. The average Bonchev–Trinajstić information content (AvgIpc) is 2.93. The minimum Gasteiger partial charge on any atom is -0.497 e. The van der Waals surface area contributed by atoms with E-state index in [-0.39, 0.29) is 0 Å². The van der Waals surface area contributed by atoms with Crippen molar-refractivity contribution in [3.63, 3.8) is 0 Å². The Hall–Kier alpha value is -1.53. The van der Waals surface area contributed by atoms with Crippen molar-refractivity contribution in [1.29, 1.82) is 0 Å². The Bertz CT molecular complexity index is 531. The molecule has 0 aliphatic heterocycles. The molecule has 1 heterocycles. The second-order valence-electron chi connectivity index (χ2n) is 4.29. The zero-order chi connectivity index (χ0) is 14.2. The Kier molecular flexibility index (Phi) is 5.88. The normalized spacial score (nSPS) is 10.7. The van der Waals surface area contributed by atoms with Gasteiger partial charge in [0.1, 0.15) is 12.1 Å². The summed E-state index contributed by atoms with van der Waals surface area (Å²) in [6, 6.07) is 8.07. The summed E-state index contributed by atoms with van der Waals surface area (Å²) in [6.07, 6.45) is 2.73. The summed E-state index contributed by atoms with van der Waals surface area (Å²) in [5, 5.41) is 9.06. The Morgan fingerprint density at radius 2 is 2.20 bits per heavy atom. The maximum absolute atomic E-state index is 5.22. The highest BCUT2D eigenvalue weighted by Crippen LogP contribution is 2.23. The molecule has 1 aromatic heterocycles. The zero-order valence-electron chi connectivity index (χ0n) is 11.8. The van der Waals surface area contributed by atoms with E-state index in [0.717, 1.165) is 36.2 Å². The monoisotopic (exact) mass is 293 g/mol. The van der Waals surface area contributed by atoms with Crippen LogP contribution in [0.25, 0.3) is 0 Å². The molecular formula is C14H19N3O2S. The first-order valence-electron chi connectivity index (χ1n) is 6.46. The topological polar surface area (TPSA) is 49.2 Å². The lowest BCUT2D eigenvalue weighted by atomic mass is 10.2. The van der Waals surface area contributed by atoms with E-state index in [1.165, 1.54) is 5.56 Å². The van der Waals surface area contributed by atoms with Gasteiger partial charge in [0.15, 0.2) is 5.16 Å². The Labute approximate surface area is 123 Å². The fourth-order valence-corrected chi connectivity index (χ4v) is 2.68. The third kappa shape index (κ3) is 4.25. The van der Waals surface area contributed by atoms with Crippen LogP contribution in [0.2, 0.25) is 0 Å². The Morgan fingerprint density at radius 3 is 3.00 bits per heavy atom. The SMILES string of the molecule is COCCCn1cnnc1SCc1cccc(OC)c1. The van der Waals surface area contributed by atoms with Crippen LogP contribution in [0, 0.1) is 0 Å². The highest BCUT2D eigenvalue weighted by molar-refractivity contribution is 7.98. The zero-order valence-corrected chi connectivity index (χ0v) is 12.6. The van der Waals surface area contributed by atoms with E-state index in [9.17, 15) is 0 Å². The maximum Gasteiger partial charge on any atom is 0.191 e. The van der Waals surface area contributed by atoms with Crippen LogP contribution in [0.15, 0.2) is 35.7 Å². The number of aromatic nitrogens is 3. The van der Waals surface area contributed by atoms with Crippen molar-refractivity contribution in [2.24, 2.45) is 0 Å². The van der Waals surface area contributed by atoms with Gasteiger partial charge in [0.2, 0.25) is 0 Å². The smallest absolute Gasteiger partial charge is 0.191 e. The predicted molar refractivity (Wildman–Crippen MR) is 79.1 cm³/mol. The number of ether oxygens (including phenoxy) is 2. The fraction of sp³-hybridized carbons (Fsp3) is 0.429. The molecule has 2 aromatic rings. The van der Waals surface area contributed by atoms with Crippen LogP contribution in [0.5, 0.6) is 5.75 Å². The summed E-state index contributed by atoms with van der Waals surface area (Å²) in [5.74, 6) is 1.73. The fourth-order valence-electron chi connectivity index (χ4n) is 1.80. The maximum atomic E-state index is 5.22. The third-order valence-electron chi connectivity index (χ3n) is 2.83. The molecule has 5 nitrogen and oxygen atoms in total. The molecule has 0 atom stereocenters. The number of aryl methyl sites for hydroxylation is 1. The van der Waals surface area contributed by atoms with Crippen LogP contribution >= 0.6 is 11.8 Å². The average molecular weight is 293 g/mol. The molecule has 108 valence electrons. The molecule has 2 rings (SSSR count). The number of benzene rings is 1. The van der Waals surface area contributed by atoms with Gasteiger partial charge in [0.25, 0.3) is 0 Å². The molecule has 0 spiro atoms. The molecule has 20 heavy (non-hydrogen) atoms. The van der Waals surface area contributed by atoms with E-state index >= 15 is 0 Å². The summed E-state index contributed by atoms with van der Waals surface area (Å²) >= 11 is 1.68. The van der Waals surface area contributed by atoms with Gasteiger partial charge in [-0.05, 0) is 24.1 Å². The lowest BCUT2D eigenvalue weighted by Gasteiger charge is -2.06. The van der Waals surface area contributed by atoms with Crippen LogP contribution in [-0.4, -0.2) is 35.6 Å². The van der Waals surface area contributed by atoms with E-state index in [1.807, 2.05) is 18.2 Å². The molecule has 0 saturated heterocycles. The number of thioether (sulfide) groups is 1. The van der Waals surface area contributed by atoms with Crippen molar-refractivity contribution in [2.45, 2.75) is 23.9 Å². The summed E-state index contributed by atoms with van der Waals surface area (Å²) in [5.41, 5.74) is 1.21. The number of rotatable bonds is 8. The first-order chi connectivity index (χ1) is 9.83. The molecule has 6 heteroatoms. The van der Waals surface area contributed by atoms with Crippen molar-refractivity contribution in [1.82, 2.24) is 14.8 Å². The molecule has 0 N–H and O–H groups in total. The van der Waals surface area contributed by atoms with Crippen molar-refractivity contribution >= 4 is 11.8 Å². The highest BCUT2D eigenvalue weighted by Gasteiger charge is 2.05. The molecule has 0 fully saturated rings. The summed E-state index contributed by atoms with van der Waals surface area (Å²) in [7, 11) is 3.39. The van der Waals surface area contributed by atoms with Gasteiger partial charge < -0.3 is 14.0 Å². The van der Waals surface area contributed by atoms with Crippen LogP contribution in [0.1, 0.15) is 12.0 Å². The summed E-state index contributed by atoms with van der Waals surface area (Å²) in [4.78, 5) is 0. The van der Waals surface area contributed by atoms with Crippen LogP contribution in [-0.2, 0) is 17.0 Å². The van der Waals surface area contributed by atoms with Crippen molar-refractivity contribution in [2.75, 3.05) is 20.8 Å². The van der Waals surface area contributed by atoms with E-state index < -0.39 is 0 Å². The molecular weight excluding hydrogens is 274 g/mol. The first kappa shape index (κ1) is 14.9. The molecule has 0 unspecified atom stereocenters. The minimum absolute atomic E-state index is 0.748. The number of nitrogens with zero attached hydrogens (tertiary/aromatic N) is 3. The molecule has 0 radical (unpaired) electrons. The number of hydrogen-bond donors (Lipinski definition) is 0. The molecule has 0 amide bonds. The van der Waals surface area contributed by atoms with Gasteiger partial charge in [-0.25, -0.2) is 0 Å². The lowest BCUT2D eigenvalue weighted by Crippen LogP contribution is -2.02. The van der Waals surface area contributed by atoms with Crippen LogP contribution < -0.4 is 4.74 Å². The first-order valence-corrected chi connectivity index (χ1v) is 7.44. The van der Waals surface area contributed by atoms with Gasteiger partial charge in [0, 0.05) is 26.0 Å².